The average molecular weight is 625 g/mol. The van der Waals surface area contributed by atoms with E-state index in [0.29, 0.717) is 18.5 Å². The number of hydrogen-bond donors (Lipinski definition) is 2. The number of nitrogens with zero attached hydrogens (tertiary/aromatic N) is 4. The summed E-state index contributed by atoms with van der Waals surface area (Å²) in [5.41, 5.74) is 13.8. The topological polar surface area (TPSA) is 95.4 Å². The van der Waals surface area contributed by atoms with E-state index in [4.69, 9.17) is 5.73 Å². The number of anilines is 1. The summed E-state index contributed by atoms with van der Waals surface area (Å²) in [7, 11) is 1.73. The maximum atomic E-state index is 13.0. The minimum atomic E-state index is -0.174. The molecule has 248 valence electrons. The predicted octanol–water partition coefficient (Wildman–Crippen LogP) is 7.97. The van der Waals surface area contributed by atoms with Crippen LogP contribution in [0, 0.1) is 6.92 Å². The van der Waals surface area contributed by atoms with Gasteiger partial charge in [0.25, 0.3) is 0 Å². The van der Waals surface area contributed by atoms with E-state index in [0.717, 1.165) is 47.5 Å². The highest BCUT2D eigenvalue weighted by Crippen LogP contribution is 2.23. The van der Waals surface area contributed by atoms with E-state index in [9.17, 15) is 4.79 Å². The summed E-state index contributed by atoms with van der Waals surface area (Å²) in [5.74, 6) is -0.174. The van der Waals surface area contributed by atoms with Crippen molar-refractivity contribution in [1.82, 2.24) is 5.32 Å². The molecule has 0 saturated carbocycles. The molecule has 1 unspecified atom stereocenters. The van der Waals surface area contributed by atoms with E-state index < -0.39 is 0 Å². The van der Waals surface area contributed by atoms with Gasteiger partial charge in [0.15, 0.2) is 0 Å². The maximum absolute atomic E-state index is 13.0. The number of amides is 1. The van der Waals surface area contributed by atoms with Gasteiger partial charge in [0, 0.05) is 36.8 Å². The lowest BCUT2D eigenvalue weighted by atomic mass is 9.96. The van der Waals surface area contributed by atoms with E-state index in [-0.39, 0.29) is 25.0 Å². The molecule has 0 bridgehead atoms. The van der Waals surface area contributed by atoms with Gasteiger partial charge in [0.05, 0.1) is 24.8 Å². The molecular formula is C39H56N6O. The lowest BCUT2D eigenvalue weighted by Crippen LogP contribution is -2.42. The van der Waals surface area contributed by atoms with Crippen molar-refractivity contribution in [3.8, 4) is 0 Å². The van der Waals surface area contributed by atoms with Crippen molar-refractivity contribution in [2.24, 2.45) is 20.9 Å². The largest absolute Gasteiger partial charge is 0.381 e. The van der Waals surface area contributed by atoms with Gasteiger partial charge in [-0.25, -0.2) is 0 Å². The molecule has 0 radical (unpaired) electrons. The van der Waals surface area contributed by atoms with Gasteiger partial charge in [0.1, 0.15) is 0 Å². The van der Waals surface area contributed by atoms with Gasteiger partial charge < -0.3 is 16.0 Å². The lowest BCUT2D eigenvalue weighted by Gasteiger charge is -2.28. The van der Waals surface area contributed by atoms with E-state index in [2.05, 4.69) is 71.8 Å². The van der Waals surface area contributed by atoms with Crippen LogP contribution in [0.1, 0.15) is 70.6 Å². The number of aliphatic imine (C=N–C) groups is 1. The molecule has 1 amide bonds. The highest BCUT2D eigenvalue weighted by molar-refractivity contribution is 6.15. The molecular weight excluding hydrogens is 568 g/mol. The van der Waals surface area contributed by atoms with Gasteiger partial charge in [-0.3, -0.25) is 9.79 Å². The molecule has 0 aliphatic carbocycles. The first-order valence-corrected chi connectivity index (χ1v) is 16.5. The molecule has 7 nitrogen and oxygen atoms in total. The van der Waals surface area contributed by atoms with Crippen molar-refractivity contribution < 1.29 is 4.79 Å². The van der Waals surface area contributed by atoms with Crippen LogP contribution in [0.5, 0.6) is 0 Å². The van der Waals surface area contributed by atoms with Crippen molar-refractivity contribution >= 4 is 29.2 Å². The maximum Gasteiger partial charge on any atom is 0.241 e. The fraction of sp³-hybridized carbons (Fsp3) is 0.385. The van der Waals surface area contributed by atoms with Gasteiger partial charge in [-0.2, -0.15) is 10.2 Å². The molecule has 2 aromatic carbocycles. The number of nitrogens with two attached hydrogens (primary N) is 1. The third-order valence-electron chi connectivity index (χ3n) is 7.08. The van der Waals surface area contributed by atoms with Crippen LogP contribution in [0.4, 0.5) is 5.69 Å². The number of nitrogens with one attached hydrogen (secondary N) is 1. The van der Waals surface area contributed by atoms with Crippen LogP contribution in [0.2, 0.25) is 0 Å². The molecule has 3 N–H and O–H groups in total. The van der Waals surface area contributed by atoms with Crippen molar-refractivity contribution in [1.29, 1.82) is 0 Å². The Morgan fingerprint density at radius 2 is 1.78 bits per heavy atom. The number of benzene rings is 2. The third kappa shape index (κ3) is 13.3. The number of carbonyl (C=O) groups is 1. The summed E-state index contributed by atoms with van der Waals surface area (Å²) in [5, 5.41) is 12.4. The molecule has 0 aromatic heterocycles. The fourth-order valence-electron chi connectivity index (χ4n) is 4.83. The zero-order chi connectivity index (χ0) is 34.3. The molecule has 0 spiro atoms. The monoisotopic (exact) mass is 624 g/mol. The van der Waals surface area contributed by atoms with Crippen LogP contribution in [0.25, 0.3) is 0 Å². The third-order valence-corrected chi connectivity index (χ3v) is 7.08. The summed E-state index contributed by atoms with van der Waals surface area (Å²) >= 11 is 0. The first-order valence-electron chi connectivity index (χ1n) is 16.5. The van der Waals surface area contributed by atoms with Crippen LogP contribution < -0.4 is 16.0 Å². The van der Waals surface area contributed by atoms with Crippen LogP contribution in [0.3, 0.4) is 0 Å². The van der Waals surface area contributed by atoms with Crippen molar-refractivity contribution in [3.05, 3.63) is 114 Å². The van der Waals surface area contributed by atoms with E-state index in [1.54, 1.807) is 18.2 Å². The molecule has 1 aliphatic rings. The number of carbonyl (C=O) groups excluding carboxylic acids is 1. The van der Waals surface area contributed by atoms with Crippen LogP contribution >= 0.6 is 0 Å². The summed E-state index contributed by atoms with van der Waals surface area (Å²) in [6.07, 6.45) is 13.5. The molecule has 1 aliphatic heterocycles. The average Bonchev–Trinajstić information content (AvgIpc) is 3.57. The van der Waals surface area contributed by atoms with Gasteiger partial charge >= 0.3 is 0 Å². The van der Waals surface area contributed by atoms with Gasteiger partial charge in [-0.05, 0) is 61.4 Å². The molecule has 1 atom stereocenters. The quantitative estimate of drug-likeness (QED) is 0.146. The normalized spacial score (nSPS) is 13.0. The summed E-state index contributed by atoms with van der Waals surface area (Å²) in [6, 6.07) is 16.4. The Hall–Kier alpha value is -4.36. The van der Waals surface area contributed by atoms with Crippen molar-refractivity contribution in [2.75, 3.05) is 25.0 Å². The second-order valence-corrected chi connectivity index (χ2v) is 10.3. The van der Waals surface area contributed by atoms with E-state index in [1.807, 2.05) is 76.3 Å². The van der Waals surface area contributed by atoms with Gasteiger partial charge in [0.2, 0.25) is 5.91 Å². The summed E-state index contributed by atoms with van der Waals surface area (Å²) < 4.78 is 0. The van der Waals surface area contributed by atoms with Gasteiger partial charge in [-0.15, -0.1) is 0 Å². The molecule has 46 heavy (non-hydrogen) atoms. The predicted molar refractivity (Wildman–Crippen MR) is 201 cm³/mol. The highest BCUT2D eigenvalue weighted by atomic mass is 16.2. The van der Waals surface area contributed by atoms with Gasteiger partial charge in [-0.1, -0.05) is 114 Å². The fourth-order valence-corrected chi connectivity index (χ4v) is 4.83. The Bertz CT molecular complexity index is 1400. The van der Waals surface area contributed by atoms with Crippen LogP contribution in [-0.4, -0.2) is 49.7 Å². The lowest BCUT2D eigenvalue weighted by molar-refractivity contribution is -0.117. The Balaban J connectivity index is 0.00000254. The molecule has 1 heterocycles. The highest BCUT2D eigenvalue weighted by Gasteiger charge is 2.23. The minimum absolute atomic E-state index is 0.0750. The summed E-state index contributed by atoms with van der Waals surface area (Å²) in [4.78, 5) is 18.6. The second-order valence-electron chi connectivity index (χ2n) is 10.3. The number of hydrogen-bond acceptors (Lipinski definition) is 6. The van der Waals surface area contributed by atoms with E-state index >= 15 is 0 Å². The van der Waals surface area contributed by atoms with Crippen molar-refractivity contribution in [3.63, 3.8) is 0 Å². The van der Waals surface area contributed by atoms with Crippen molar-refractivity contribution in [2.45, 2.75) is 79.7 Å². The smallest absolute Gasteiger partial charge is 0.241 e. The Morgan fingerprint density at radius 3 is 2.46 bits per heavy atom. The van der Waals surface area contributed by atoms with Crippen LogP contribution in [0.15, 0.2) is 112 Å². The molecule has 0 saturated heterocycles. The summed E-state index contributed by atoms with van der Waals surface area (Å²) in [6.45, 7) is 21.0. The minimum Gasteiger partial charge on any atom is -0.381 e. The number of aryl methyl sites for hydroxylation is 2. The Labute approximate surface area is 278 Å². The Kier molecular flexibility index (Phi) is 19.9. The Morgan fingerprint density at radius 1 is 1.04 bits per heavy atom. The molecule has 7 heteroatoms. The zero-order valence-electron chi connectivity index (χ0n) is 29.2. The first-order chi connectivity index (χ1) is 22.4. The molecule has 2 aromatic rings. The number of rotatable bonds is 16. The molecule has 0 fully saturated rings. The first kappa shape index (κ1) is 39.7. The van der Waals surface area contributed by atoms with E-state index in [1.165, 1.54) is 11.1 Å². The number of allylic oxidation sites excluding steroid dienone is 4. The molecule has 3 rings (SSSR count). The number of para-hydroxylation sites is 1. The zero-order valence-corrected chi connectivity index (χ0v) is 29.2. The standard InChI is InChI=1S/C35H44N6O.2C2H6/c1-6-32(28(4)33-23-31(39-40-33)20-19-29-15-13-14-26(2)22-29)38-27(3)25-41(35(42)24-36)34-18-11-10-17-30(34)16-9-7-8-12-21-37-5;2*1-2/h7-15,17-18,21-22,32,38H,3-4,6,16,19-20,23-25,36H2,1-2,5H3;2*1-2H3/b9-7+,12-8-,37-21?;;. The second kappa shape index (κ2) is 23.0. The van der Waals surface area contributed by atoms with Crippen LogP contribution in [-0.2, 0) is 17.6 Å². The SMILES string of the molecule is C=C(CN(C(=O)CN)c1ccccc1C/C=C/C=C\C=NC)NC(CC)C(=C)C1=NN=C(CCc2cccc(C)c2)C1.CC.CC.